The van der Waals surface area contributed by atoms with E-state index in [0.29, 0.717) is 30.1 Å². The Hall–Kier alpha value is -3.09. The Kier molecular flexibility index (Phi) is 7.27. The smallest absolute Gasteiger partial charge is 0.224 e. The number of ether oxygens (including phenoxy) is 2. The lowest BCUT2D eigenvalue weighted by atomic mass is 10.1. The van der Waals surface area contributed by atoms with Gasteiger partial charge in [-0.15, -0.1) is 0 Å². The Bertz CT molecular complexity index is 910. The molecule has 0 radical (unpaired) electrons. The molecule has 0 aromatic heterocycles. The fraction of sp³-hybridized carbons (Fsp3) is 0.391. The molecule has 1 N–H and O–H groups in total. The van der Waals surface area contributed by atoms with Crippen molar-refractivity contribution in [3.8, 4) is 11.5 Å². The highest BCUT2D eigenvalue weighted by Gasteiger charge is 2.19. The van der Waals surface area contributed by atoms with Crippen molar-refractivity contribution in [3.63, 3.8) is 0 Å². The number of ketones is 1. The molecule has 1 saturated heterocycles. The minimum Gasteiger partial charge on any atom is -0.493 e. The number of amides is 1. The maximum Gasteiger partial charge on any atom is 0.224 e. The van der Waals surface area contributed by atoms with Gasteiger partial charge in [-0.25, -0.2) is 4.39 Å². The Balaban J connectivity index is 1.53. The number of nitrogens with zero attached hydrogens (tertiary/aromatic N) is 1. The van der Waals surface area contributed by atoms with Crippen LogP contribution in [0.2, 0.25) is 0 Å². The fourth-order valence-electron chi connectivity index (χ4n) is 3.48. The van der Waals surface area contributed by atoms with E-state index in [9.17, 15) is 14.0 Å². The number of benzene rings is 2. The minimum atomic E-state index is -0.431. The number of carbonyl (C=O) groups is 2. The molecular weight excluding hydrogens is 387 g/mol. The van der Waals surface area contributed by atoms with Crippen LogP contribution in [0.5, 0.6) is 11.5 Å². The lowest BCUT2D eigenvalue weighted by molar-refractivity contribution is -0.116. The number of Topliss-reactive ketones (excluding diaryl/α,β-unsaturated/α-hetero) is 1. The summed E-state index contributed by atoms with van der Waals surface area (Å²) in [7, 11) is 1.51. The summed E-state index contributed by atoms with van der Waals surface area (Å²) in [4.78, 5) is 25.9. The standard InChI is InChI=1S/C23H27FN2O4/c1-16(27)17-10-11-20(21(15-17)29-2)30-14-6-9-22(28)25-23-18(24)7-5-8-19(23)26-12-3-4-13-26/h5,7-8,10-11,15H,3-4,6,9,12-14H2,1-2H3,(H,25,28). The summed E-state index contributed by atoms with van der Waals surface area (Å²) >= 11 is 0. The first-order chi connectivity index (χ1) is 14.5. The second kappa shape index (κ2) is 10.1. The highest BCUT2D eigenvalue weighted by Crippen LogP contribution is 2.31. The summed E-state index contributed by atoms with van der Waals surface area (Å²) in [5.41, 5.74) is 1.51. The van der Waals surface area contributed by atoms with Gasteiger partial charge in [0.2, 0.25) is 5.91 Å². The molecule has 0 aliphatic carbocycles. The second-order valence-corrected chi connectivity index (χ2v) is 7.25. The lowest BCUT2D eigenvalue weighted by Crippen LogP contribution is -2.22. The van der Waals surface area contributed by atoms with E-state index in [1.807, 2.05) is 6.07 Å². The van der Waals surface area contributed by atoms with E-state index in [1.165, 1.54) is 20.1 Å². The molecule has 0 spiro atoms. The van der Waals surface area contributed by atoms with E-state index < -0.39 is 5.82 Å². The van der Waals surface area contributed by atoms with Crippen molar-refractivity contribution in [2.75, 3.05) is 37.0 Å². The molecule has 160 valence electrons. The summed E-state index contributed by atoms with van der Waals surface area (Å²) in [6, 6.07) is 9.83. The van der Waals surface area contributed by atoms with Gasteiger partial charge in [0.05, 0.1) is 19.4 Å². The van der Waals surface area contributed by atoms with Crippen LogP contribution in [0, 0.1) is 5.82 Å². The van der Waals surface area contributed by atoms with Gasteiger partial charge in [-0.05, 0) is 56.5 Å². The zero-order valence-electron chi connectivity index (χ0n) is 17.4. The molecule has 1 heterocycles. The molecule has 3 rings (SSSR count). The molecule has 1 fully saturated rings. The van der Waals surface area contributed by atoms with Crippen molar-refractivity contribution in [1.29, 1.82) is 0 Å². The quantitative estimate of drug-likeness (QED) is 0.486. The lowest BCUT2D eigenvalue weighted by Gasteiger charge is -2.22. The van der Waals surface area contributed by atoms with Gasteiger partial charge in [-0.3, -0.25) is 9.59 Å². The average Bonchev–Trinajstić information content (AvgIpc) is 3.27. The maximum atomic E-state index is 14.3. The normalized spacial score (nSPS) is 13.2. The third kappa shape index (κ3) is 5.28. The van der Waals surface area contributed by atoms with E-state index in [1.54, 1.807) is 24.3 Å². The van der Waals surface area contributed by atoms with E-state index in [-0.39, 0.29) is 23.8 Å². The zero-order valence-corrected chi connectivity index (χ0v) is 17.4. The van der Waals surface area contributed by atoms with E-state index in [4.69, 9.17) is 9.47 Å². The monoisotopic (exact) mass is 414 g/mol. The molecule has 2 aromatic carbocycles. The number of hydrogen-bond acceptors (Lipinski definition) is 5. The van der Waals surface area contributed by atoms with Crippen LogP contribution in [0.25, 0.3) is 0 Å². The van der Waals surface area contributed by atoms with E-state index >= 15 is 0 Å². The highest BCUT2D eigenvalue weighted by molar-refractivity contribution is 5.95. The van der Waals surface area contributed by atoms with Crippen molar-refractivity contribution in [2.45, 2.75) is 32.6 Å². The van der Waals surface area contributed by atoms with E-state index in [2.05, 4.69) is 10.2 Å². The van der Waals surface area contributed by atoms with Gasteiger partial charge in [-0.2, -0.15) is 0 Å². The van der Waals surface area contributed by atoms with Crippen LogP contribution >= 0.6 is 0 Å². The van der Waals surface area contributed by atoms with Crippen molar-refractivity contribution in [1.82, 2.24) is 0 Å². The van der Waals surface area contributed by atoms with Crippen molar-refractivity contribution in [3.05, 3.63) is 47.8 Å². The van der Waals surface area contributed by atoms with Crippen LogP contribution in [0.15, 0.2) is 36.4 Å². The molecule has 7 heteroatoms. The van der Waals surface area contributed by atoms with Gasteiger partial charge in [0.1, 0.15) is 11.5 Å². The number of methoxy groups -OCH3 is 1. The van der Waals surface area contributed by atoms with Crippen LogP contribution in [-0.4, -0.2) is 38.5 Å². The molecular formula is C23H27FN2O4. The topological polar surface area (TPSA) is 67.9 Å². The summed E-state index contributed by atoms with van der Waals surface area (Å²) in [6.45, 7) is 3.51. The molecule has 30 heavy (non-hydrogen) atoms. The Labute approximate surface area is 176 Å². The molecule has 0 atom stereocenters. The number of nitrogens with one attached hydrogen (secondary N) is 1. The third-order valence-electron chi connectivity index (χ3n) is 5.08. The second-order valence-electron chi connectivity index (χ2n) is 7.25. The largest absolute Gasteiger partial charge is 0.493 e. The Morgan fingerprint density at radius 2 is 1.90 bits per heavy atom. The Morgan fingerprint density at radius 1 is 1.13 bits per heavy atom. The van der Waals surface area contributed by atoms with Crippen LogP contribution in [0.4, 0.5) is 15.8 Å². The Morgan fingerprint density at radius 3 is 2.60 bits per heavy atom. The average molecular weight is 414 g/mol. The summed E-state index contributed by atoms with van der Waals surface area (Å²) < 4.78 is 25.3. The van der Waals surface area contributed by atoms with Gasteiger partial charge < -0.3 is 19.7 Å². The number of anilines is 2. The zero-order chi connectivity index (χ0) is 21.5. The summed E-state index contributed by atoms with van der Waals surface area (Å²) in [6.07, 6.45) is 2.79. The van der Waals surface area contributed by atoms with Crippen LogP contribution in [-0.2, 0) is 4.79 Å². The van der Waals surface area contributed by atoms with Gasteiger partial charge in [0.25, 0.3) is 0 Å². The molecule has 0 unspecified atom stereocenters. The molecule has 1 amide bonds. The van der Waals surface area contributed by atoms with Gasteiger partial charge >= 0.3 is 0 Å². The minimum absolute atomic E-state index is 0.0574. The number of rotatable bonds is 9. The fourth-order valence-corrected chi connectivity index (χ4v) is 3.48. The predicted molar refractivity (Wildman–Crippen MR) is 114 cm³/mol. The van der Waals surface area contributed by atoms with Gasteiger partial charge in [0, 0.05) is 25.1 Å². The number of halogens is 1. The molecule has 0 saturated carbocycles. The number of para-hydroxylation sites is 1. The third-order valence-corrected chi connectivity index (χ3v) is 5.08. The molecule has 1 aliphatic heterocycles. The predicted octanol–water partition coefficient (Wildman–Crippen LogP) is 4.43. The number of hydrogen-bond donors (Lipinski definition) is 1. The van der Waals surface area contributed by atoms with Crippen molar-refractivity contribution in [2.24, 2.45) is 0 Å². The summed E-state index contributed by atoms with van der Waals surface area (Å²) in [5.74, 6) is 0.224. The first-order valence-electron chi connectivity index (χ1n) is 10.1. The van der Waals surface area contributed by atoms with Crippen molar-refractivity contribution < 1.29 is 23.5 Å². The van der Waals surface area contributed by atoms with Crippen LogP contribution < -0.4 is 19.7 Å². The van der Waals surface area contributed by atoms with Crippen molar-refractivity contribution >= 4 is 23.1 Å². The number of carbonyl (C=O) groups excluding carboxylic acids is 2. The molecule has 0 bridgehead atoms. The molecule has 6 nitrogen and oxygen atoms in total. The highest BCUT2D eigenvalue weighted by atomic mass is 19.1. The van der Waals surface area contributed by atoms with Crippen LogP contribution in [0.3, 0.4) is 0 Å². The first-order valence-corrected chi connectivity index (χ1v) is 10.1. The van der Waals surface area contributed by atoms with Gasteiger partial charge in [-0.1, -0.05) is 6.07 Å². The van der Waals surface area contributed by atoms with E-state index in [0.717, 1.165) is 31.6 Å². The first kappa shape index (κ1) is 21.6. The SMILES string of the molecule is COc1cc(C(C)=O)ccc1OCCCC(=O)Nc1c(F)cccc1N1CCCC1. The van der Waals surface area contributed by atoms with Gasteiger partial charge in [0.15, 0.2) is 17.3 Å². The summed E-state index contributed by atoms with van der Waals surface area (Å²) in [5, 5.41) is 2.72. The molecule has 1 aliphatic rings. The maximum absolute atomic E-state index is 14.3. The molecule has 2 aromatic rings. The van der Waals surface area contributed by atoms with Crippen LogP contribution in [0.1, 0.15) is 43.0 Å².